The van der Waals surface area contributed by atoms with Crippen molar-refractivity contribution >= 4 is 25.7 Å². The maximum atomic E-state index is 12.5. The molecule has 0 heterocycles. The highest BCUT2D eigenvalue weighted by molar-refractivity contribution is 9.10. The zero-order chi connectivity index (χ0) is 13.0. The highest BCUT2D eigenvalue weighted by atomic mass is 79.9. The van der Waals surface area contributed by atoms with Crippen molar-refractivity contribution in [1.82, 2.24) is 0 Å². The molecule has 94 valence electrons. The van der Waals surface area contributed by atoms with Gasteiger partial charge >= 0.3 is 0 Å². The van der Waals surface area contributed by atoms with Crippen molar-refractivity contribution in [2.75, 3.05) is 6.26 Å². The van der Waals surface area contributed by atoms with Gasteiger partial charge in [-0.15, -0.1) is 0 Å². The molecule has 0 aliphatic heterocycles. The molecular formula is C14H14BrNOS. The van der Waals surface area contributed by atoms with Gasteiger partial charge in [0, 0.05) is 15.6 Å². The van der Waals surface area contributed by atoms with Crippen LogP contribution in [0.25, 0.3) is 0 Å². The predicted octanol–water partition coefficient (Wildman–Crippen LogP) is 4.11. The Labute approximate surface area is 116 Å². The average Bonchev–Trinajstić information content (AvgIpc) is 2.39. The van der Waals surface area contributed by atoms with Crippen LogP contribution in [0.5, 0.6) is 0 Å². The van der Waals surface area contributed by atoms with E-state index in [9.17, 15) is 4.21 Å². The van der Waals surface area contributed by atoms with Crippen LogP contribution in [-0.4, -0.2) is 10.5 Å². The van der Waals surface area contributed by atoms with E-state index in [1.54, 1.807) is 6.26 Å². The topological polar surface area (TPSA) is 29.4 Å². The van der Waals surface area contributed by atoms with Gasteiger partial charge in [0.05, 0.1) is 16.3 Å². The molecule has 0 fully saturated rings. The van der Waals surface area contributed by atoms with E-state index in [0.717, 1.165) is 14.9 Å². The number of nitrogens with zero attached hydrogens (tertiary/aromatic N) is 1. The predicted molar refractivity (Wildman–Crippen MR) is 79.0 cm³/mol. The van der Waals surface area contributed by atoms with E-state index in [1.165, 1.54) is 0 Å². The number of hydrogen-bond donors (Lipinski definition) is 0. The van der Waals surface area contributed by atoms with Gasteiger partial charge in [-0.1, -0.05) is 52.3 Å². The first-order valence-electron chi connectivity index (χ1n) is 5.56. The monoisotopic (exact) mass is 323 g/mol. The molecule has 0 saturated heterocycles. The van der Waals surface area contributed by atoms with Gasteiger partial charge in [0.25, 0.3) is 0 Å². The molecule has 18 heavy (non-hydrogen) atoms. The lowest BCUT2D eigenvalue weighted by molar-refractivity contribution is 0.678. The Kier molecular flexibility index (Phi) is 4.19. The summed E-state index contributed by atoms with van der Waals surface area (Å²) in [4.78, 5) is 0.775. The van der Waals surface area contributed by atoms with Crippen molar-refractivity contribution in [1.29, 1.82) is 0 Å². The van der Waals surface area contributed by atoms with Crippen LogP contribution in [0.15, 0.2) is 68.3 Å². The van der Waals surface area contributed by atoms with Gasteiger partial charge in [0.2, 0.25) is 0 Å². The lowest BCUT2D eigenvalue weighted by Crippen LogP contribution is -1.98. The molecule has 0 bridgehead atoms. The Balaban J connectivity index is 2.30. The number of benzene rings is 2. The van der Waals surface area contributed by atoms with Gasteiger partial charge in [-0.3, -0.25) is 0 Å². The Bertz CT molecular complexity index is 646. The average molecular weight is 324 g/mol. The molecule has 0 radical (unpaired) electrons. The number of hydrogen-bond acceptors (Lipinski definition) is 2. The summed E-state index contributed by atoms with van der Waals surface area (Å²) >= 11 is 3.47. The van der Waals surface area contributed by atoms with Crippen molar-refractivity contribution in [2.45, 2.75) is 11.4 Å². The molecule has 0 amide bonds. The minimum absolute atomic E-state index is 0.450. The summed E-state index contributed by atoms with van der Waals surface area (Å²) in [6.07, 6.45) is 1.68. The Hall–Kier alpha value is -1.13. The van der Waals surface area contributed by atoms with Gasteiger partial charge in [0.15, 0.2) is 0 Å². The van der Waals surface area contributed by atoms with E-state index in [1.807, 2.05) is 54.6 Å². The first-order valence-corrected chi connectivity index (χ1v) is 8.27. The van der Waals surface area contributed by atoms with E-state index in [0.29, 0.717) is 6.54 Å². The van der Waals surface area contributed by atoms with Crippen LogP contribution in [0.3, 0.4) is 0 Å². The zero-order valence-corrected chi connectivity index (χ0v) is 12.4. The van der Waals surface area contributed by atoms with Crippen LogP contribution in [0.2, 0.25) is 0 Å². The van der Waals surface area contributed by atoms with Crippen LogP contribution in [0, 0.1) is 0 Å². The van der Waals surface area contributed by atoms with Crippen LogP contribution in [0.4, 0.5) is 0 Å². The van der Waals surface area contributed by atoms with Crippen molar-refractivity contribution < 1.29 is 4.21 Å². The van der Waals surface area contributed by atoms with E-state index in [-0.39, 0.29) is 0 Å². The number of halogens is 1. The SMILES string of the molecule is CS(=O)(=NCc1ccccc1Br)c1ccccc1. The molecule has 0 aliphatic rings. The lowest BCUT2D eigenvalue weighted by Gasteiger charge is -2.05. The van der Waals surface area contributed by atoms with Crippen molar-refractivity contribution in [3.8, 4) is 0 Å². The fourth-order valence-corrected chi connectivity index (χ4v) is 3.17. The molecule has 2 aromatic rings. The minimum Gasteiger partial charge on any atom is -0.245 e. The summed E-state index contributed by atoms with van der Waals surface area (Å²) in [7, 11) is -2.32. The molecule has 0 aliphatic carbocycles. The fraction of sp³-hybridized carbons (Fsp3) is 0.143. The summed E-state index contributed by atoms with van der Waals surface area (Å²) in [6, 6.07) is 17.2. The van der Waals surface area contributed by atoms with Gasteiger partial charge in [0.1, 0.15) is 0 Å². The first kappa shape index (κ1) is 13.3. The van der Waals surface area contributed by atoms with Crippen LogP contribution >= 0.6 is 15.9 Å². The molecular weight excluding hydrogens is 310 g/mol. The fourth-order valence-electron chi connectivity index (χ4n) is 1.57. The Morgan fingerprint density at radius 1 is 1.06 bits per heavy atom. The molecule has 4 heteroatoms. The quantitative estimate of drug-likeness (QED) is 0.835. The molecule has 0 aromatic heterocycles. The Morgan fingerprint density at radius 2 is 1.67 bits per heavy atom. The van der Waals surface area contributed by atoms with E-state index >= 15 is 0 Å². The van der Waals surface area contributed by atoms with Crippen LogP contribution in [-0.2, 0) is 16.3 Å². The third-order valence-corrected chi connectivity index (χ3v) is 5.16. The molecule has 0 saturated carbocycles. The molecule has 2 aromatic carbocycles. The smallest absolute Gasteiger partial charge is 0.0748 e. The number of rotatable bonds is 3. The third kappa shape index (κ3) is 3.21. The van der Waals surface area contributed by atoms with E-state index in [2.05, 4.69) is 20.3 Å². The Morgan fingerprint density at radius 3 is 2.33 bits per heavy atom. The maximum absolute atomic E-state index is 12.5. The summed E-state index contributed by atoms with van der Waals surface area (Å²) in [5.41, 5.74) is 1.04. The van der Waals surface area contributed by atoms with Crippen molar-refractivity contribution in [3.05, 3.63) is 64.6 Å². The summed E-state index contributed by atoms with van der Waals surface area (Å²) in [5.74, 6) is 0. The zero-order valence-electron chi connectivity index (χ0n) is 10.0. The summed E-state index contributed by atoms with van der Waals surface area (Å²) in [5, 5.41) is 0. The molecule has 1 unspecified atom stereocenters. The summed E-state index contributed by atoms with van der Waals surface area (Å²) < 4.78 is 17.8. The highest BCUT2D eigenvalue weighted by Crippen LogP contribution is 2.18. The van der Waals surface area contributed by atoms with E-state index in [4.69, 9.17) is 0 Å². The molecule has 0 N–H and O–H groups in total. The minimum atomic E-state index is -2.32. The van der Waals surface area contributed by atoms with Gasteiger partial charge in [-0.25, -0.2) is 8.57 Å². The molecule has 2 nitrogen and oxygen atoms in total. The van der Waals surface area contributed by atoms with Crippen molar-refractivity contribution in [3.63, 3.8) is 0 Å². The van der Waals surface area contributed by atoms with E-state index < -0.39 is 9.73 Å². The second kappa shape index (κ2) is 5.67. The second-order valence-corrected chi connectivity index (χ2v) is 7.18. The molecule has 1 atom stereocenters. The maximum Gasteiger partial charge on any atom is 0.0748 e. The molecule has 2 rings (SSSR count). The molecule has 0 spiro atoms. The summed E-state index contributed by atoms with van der Waals surface area (Å²) in [6.45, 7) is 0.450. The normalized spacial score (nSPS) is 13.9. The largest absolute Gasteiger partial charge is 0.245 e. The third-order valence-electron chi connectivity index (χ3n) is 2.62. The lowest BCUT2D eigenvalue weighted by atomic mass is 10.2. The van der Waals surface area contributed by atoms with Gasteiger partial charge in [-0.2, -0.15) is 0 Å². The standard InChI is InChI=1S/C14H14BrNOS/c1-18(17,13-8-3-2-4-9-13)16-11-12-7-5-6-10-14(12)15/h2-10H,11H2,1H3. The van der Waals surface area contributed by atoms with Crippen molar-refractivity contribution in [2.24, 2.45) is 4.36 Å². The van der Waals surface area contributed by atoms with Crippen LogP contribution < -0.4 is 0 Å². The second-order valence-electron chi connectivity index (χ2n) is 3.99. The highest BCUT2D eigenvalue weighted by Gasteiger charge is 2.05. The van der Waals surface area contributed by atoms with Crippen LogP contribution in [0.1, 0.15) is 5.56 Å². The first-order chi connectivity index (χ1) is 8.59. The van der Waals surface area contributed by atoms with Gasteiger partial charge < -0.3 is 0 Å². The van der Waals surface area contributed by atoms with Gasteiger partial charge in [-0.05, 0) is 23.8 Å².